The number of ether oxygens (including phenoxy) is 1. The van der Waals surface area contributed by atoms with Gasteiger partial charge in [-0.05, 0) is 34.6 Å². The van der Waals surface area contributed by atoms with Crippen LogP contribution in [-0.2, 0) is 9.53 Å². The summed E-state index contributed by atoms with van der Waals surface area (Å²) in [7, 11) is 0. The van der Waals surface area contributed by atoms with Gasteiger partial charge in [0, 0.05) is 13.0 Å². The summed E-state index contributed by atoms with van der Waals surface area (Å²) >= 11 is 0. The average Bonchev–Trinajstić information content (AvgIpc) is 2.09. The lowest BCUT2D eigenvalue weighted by Crippen LogP contribution is -2.39. The molecule has 3 heteroatoms. The molecule has 86 valence electrons. The monoisotopic (exact) mass is 211 g/mol. The van der Waals surface area contributed by atoms with E-state index in [1.807, 2.05) is 20.8 Å². The summed E-state index contributed by atoms with van der Waals surface area (Å²) in [5, 5.41) is 3.06. The smallest absolute Gasteiger partial charge is 0.323 e. The summed E-state index contributed by atoms with van der Waals surface area (Å²) < 4.78 is 5.22. The second kappa shape index (κ2) is 6.47. The summed E-state index contributed by atoms with van der Waals surface area (Å²) in [5.41, 5.74) is -0.420. The van der Waals surface area contributed by atoms with Crippen molar-refractivity contribution in [2.45, 2.75) is 52.7 Å². The van der Waals surface area contributed by atoms with Crippen LogP contribution < -0.4 is 5.32 Å². The van der Waals surface area contributed by atoms with Crippen molar-refractivity contribution in [1.82, 2.24) is 5.32 Å². The van der Waals surface area contributed by atoms with Crippen molar-refractivity contribution in [3.05, 3.63) is 0 Å². The SMILES string of the molecule is CC#CCCNC(C)C(=O)OC(C)(C)C. The zero-order chi connectivity index (χ0) is 11.9. The van der Waals surface area contributed by atoms with Gasteiger partial charge in [0.15, 0.2) is 0 Å². The van der Waals surface area contributed by atoms with E-state index >= 15 is 0 Å². The molecule has 0 aromatic rings. The van der Waals surface area contributed by atoms with Gasteiger partial charge >= 0.3 is 5.97 Å². The van der Waals surface area contributed by atoms with E-state index in [2.05, 4.69) is 17.2 Å². The fourth-order valence-electron chi connectivity index (χ4n) is 0.950. The Kier molecular flexibility index (Phi) is 6.03. The zero-order valence-electron chi connectivity index (χ0n) is 10.3. The van der Waals surface area contributed by atoms with Gasteiger partial charge in [-0.25, -0.2) is 0 Å². The van der Waals surface area contributed by atoms with Crippen molar-refractivity contribution in [2.24, 2.45) is 0 Å². The zero-order valence-corrected chi connectivity index (χ0v) is 10.3. The predicted octanol–water partition coefficient (Wildman–Crippen LogP) is 1.72. The van der Waals surface area contributed by atoms with Crippen molar-refractivity contribution in [1.29, 1.82) is 0 Å². The summed E-state index contributed by atoms with van der Waals surface area (Å²) in [6.07, 6.45) is 0.754. The van der Waals surface area contributed by atoms with Gasteiger partial charge in [-0.3, -0.25) is 4.79 Å². The van der Waals surface area contributed by atoms with Crippen LogP contribution in [0.4, 0.5) is 0 Å². The number of carbonyl (C=O) groups is 1. The van der Waals surface area contributed by atoms with Crippen LogP contribution >= 0.6 is 0 Å². The number of hydrogen-bond donors (Lipinski definition) is 1. The van der Waals surface area contributed by atoms with Gasteiger partial charge < -0.3 is 10.1 Å². The average molecular weight is 211 g/mol. The first-order valence-electron chi connectivity index (χ1n) is 5.22. The maximum absolute atomic E-state index is 11.5. The second-order valence-electron chi connectivity index (χ2n) is 4.39. The second-order valence-corrected chi connectivity index (χ2v) is 4.39. The van der Waals surface area contributed by atoms with E-state index in [0.717, 1.165) is 6.42 Å². The van der Waals surface area contributed by atoms with Gasteiger partial charge in [0.2, 0.25) is 0 Å². The Balaban J connectivity index is 3.83. The summed E-state index contributed by atoms with van der Waals surface area (Å²) in [6.45, 7) is 9.90. The van der Waals surface area contributed by atoms with Crippen molar-refractivity contribution >= 4 is 5.97 Å². The van der Waals surface area contributed by atoms with E-state index in [4.69, 9.17) is 4.74 Å². The topological polar surface area (TPSA) is 38.3 Å². The fraction of sp³-hybridized carbons (Fsp3) is 0.750. The molecule has 0 rings (SSSR count). The number of esters is 1. The van der Waals surface area contributed by atoms with Gasteiger partial charge in [0.05, 0.1) is 0 Å². The summed E-state index contributed by atoms with van der Waals surface area (Å²) in [5.74, 6) is 5.51. The number of nitrogens with one attached hydrogen (secondary N) is 1. The molecule has 0 saturated carbocycles. The first-order valence-corrected chi connectivity index (χ1v) is 5.22. The highest BCUT2D eigenvalue weighted by atomic mass is 16.6. The molecule has 0 aliphatic heterocycles. The Morgan fingerprint density at radius 2 is 2.07 bits per heavy atom. The minimum absolute atomic E-state index is 0.216. The molecule has 15 heavy (non-hydrogen) atoms. The van der Waals surface area contributed by atoms with Crippen molar-refractivity contribution < 1.29 is 9.53 Å². The highest BCUT2D eigenvalue weighted by molar-refractivity contribution is 5.75. The molecular weight excluding hydrogens is 190 g/mol. The van der Waals surface area contributed by atoms with Gasteiger partial charge in [-0.1, -0.05) is 0 Å². The summed E-state index contributed by atoms with van der Waals surface area (Å²) in [6, 6.07) is -0.275. The molecule has 0 saturated heterocycles. The Morgan fingerprint density at radius 3 is 2.53 bits per heavy atom. The fourth-order valence-corrected chi connectivity index (χ4v) is 0.950. The molecule has 1 unspecified atom stereocenters. The van der Waals surface area contributed by atoms with Crippen LogP contribution in [-0.4, -0.2) is 24.2 Å². The largest absolute Gasteiger partial charge is 0.459 e. The third-order valence-corrected chi connectivity index (χ3v) is 1.64. The van der Waals surface area contributed by atoms with E-state index in [9.17, 15) is 4.79 Å². The molecule has 0 amide bonds. The quantitative estimate of drug-likeness (QED) is 0.437. The van der Waals surface area contributed by atoms with Crippen LogP contribution in [0, 0.1) is 11.8 Å². The molecule has 1 atom stereocenters. The minimum Gasteiger partial charge on any atom is -0.459 e. The Hall–Kier alpha value is -1.01. The van der Waals surface area contributed by atoms with Crippen molar-refractivity contribution in [3.8, 4) is 11.8 Å². The number of carbonyl (C=O) groups excluding carboxylic acids is 1. The van der Waals surface area contributed by atoms with E-state index in [1.165, 1.54) is 0 Å². The van der Waals surface area contributed by atoms with Crippen molar-refractivity contribution in [3.63, 3.8) is 0 Å². The van der Waals surface area contributed by atoms with E-state index in [1.54, 1.807) is 13.8 Å². The van der Waals surface area contributed by atoms with Gasteiger partial charge in [-0.15, -0.1) is 11.8 Å². The highest BCUT2D eigenvalue weighted by Gasteiger charge is 2.20. The van der Waals surface area contributed by atoms with E-state index in [0.29, 0.717) is 6.54 Å². The maximum Gasteiger partial charge on any atom is 0.323 e. The molecule has 0 bridgehead atoms. The first-order chi connectivity index (χ1) is 6.87. The predicted molar refractivity (Wildman–Crippen MR) is 61.4 cm³/mol. The van der Waals surface area contributed by atoms with Gasteiger partial charge in [0.1, 0.15) is 11.6 Å². The number of rotatable bonds is 4. The molecule has 1 N–H and O–H groups in total. The molecule has 0 aromatic heterocycles. The normalized spacial score (nSPS) is 12.6. The van der Waals surface area contributed by atoms with Gasteiger partial charge in [0.25, 0.3) is 0 Å². The van der Waals surface area contributed by atoms with Crippen LogP contribution in [0.3, 0.4) is 0 Å². The molecule has 0 heterocycles. The minimum atomic E-state index is -0.420. The standard InChI is InChI=1S/C12H21NO2/c1-6-7-8-9-13-10(2)11(14)15-12(3,4)5/h10,13H,8-9H2,1-5H3. The summed E-state index contributed by atoms with van der Waals surface area (Å²) in [4.78, 5) is 11.5. The van der Waals surface area contributed by atoms with Crippen LogP contribution in [0.15, 0.2) is 0 Å². The molecule has 3 nitrogen and oxygen atoms in total. The van der Waals surface area contributed by atoms with E-state index in [-0.39, 0.29) is 12.0 Å². The molecule has 0 spiro atoms. The van der Waals surface area contributed by atoms with Crippen LogP contribution in [0.25, 0.3) is 0 Å². The highest BCUT2D eigenvalue weighted by Crippen LogP contribution is 2.08. The van der Waals surface area contributed by atoms with Crippen LogP contribution in [0.2, 0.25) is 0 Å². The molecule has 0 aromatic carbocycles. The van der Waals surface area contributed by atoms with Crippen molar-refractivity contribution in [2.75, 3.05) is 6.54 Å². The lowest BCUT2D eigenvalue weighted by Gasteiger charge is -2.22. The number of hydrogen-bond acceptors (Lipinski definition) is 3. The molecule has 0 radical (unpaired) electrons. The lowest BCUT2D eigenvalue weighted by molar-refractivity contribution is -0.156. The van der Waals surface area contributed by atoms with Crippen LogP contribution in [0.5, 0.6) is 0 Å². The Labute approximate surface area is 92.6 Å². The Bertz CT molecular complexity index is 255. The molecule has 0 aliphatic rings. The molecule has 0 fully saturated rings. The van der Waals surface area contributed by atoms with Gasteiger partial charge in [-0.2, -0.15) is 0 Å². The maximum atomic E-state index is 11.5. The third kappa shape index (κ3) is 8.02. The molecular formula is C12H21NO2. The molecule has 0 aliphatic carbocycles. The Morgan fingerprint density at radius 1 is 1.47 bits per heavy atom. The van der Waals surface area contributed by atoms with E-state index < -0.39 is 5.60 Å². The van der Waals surface area contributed by atoms with Crippen LogP contribution in [0.1, 0.15) is 41.0 Å². The third-order valence-electron chi connectivity index (χ3n) is 1.64. The first kappa shape index (κ1) is 14.0. The lowest BCUT2D eigenvalue weighted by atomic mass is 10.2.